The highest BCUT2D eigenvalue weighted by Gasteiger charge is 2.41. The summed E-state index contributed by atoms with van der Waals surface area (Å²) < 4.78 is 7.64. The minimum absolute atomic E-state index is 0.365. The van der Waals surface area contributed by atoms with Crippen molar-refractivity contribution >= 4 is 11.5 Å². The lowest BCUT2D eigenvalue weighted by molar-refractivity contribution is 0.0897. The average molecular weight is 236 g/mol. The number of nitrogens with zero attached hydrogens (tertiary/aromatic N) is 2. The number of rotatable bonds is 3. The van der Waals surface area contributed by atoms with Crippen LogP contribution in [0.1, 0.15) is 25.0 Å². The van der Waals surface area contributed by atoms with Gasteiger partial charge in [-0.05, 0) is 32.1 Å². The van der Waals surface area contributed by atoms with Crippen LogP contribution in [-0.2, 0) is 11.8 Å². The Kier molecular flexibility index (Phi) is 2.50. The highest BCUT2D eigenvalue weighted by Crippen LogP contribution is 2.40. The fraction of sp³-hybridized carbons (Fsp3) is 0.750. The second-order valence-electron chi connectivity index (χ2n) is 5.18. The van der Waals surface area contributed by atoms with Gasteiger partial charge in [-0.2, -0.15) is 5.10 Å². The molecule has 5 heteroatoms. The average Bonchev–Trinajstić information content (AvgIpc) is 2.99. The van der Waals surface area contributed by atoms with Crippen LogP contribution < -0.4 is 11.1 Å². The molecule has 1 aliphatic carbocycles. The second kappa shape index (κ2) is 3.91. The van der Waals surface area contributed by atoms with E-state index in [1.807, 2.05) is 18.7 Å². The Labute approximate surface area is 101 Å². The number of nitrogens with one attached hydrogen (secondary N) is 1. The van der Waals surface area contributed by atoms with Crippen LogP contribution in [0.15, 0.2) is 0 Å². The highest BCUT2D eigenvalue weighted by atomic mass is 16.5. The minimum atomic E-state index is 0.365. The molecule has 94 valence electrons. The first kappa shape index (κ1) is 10.9. The van der Waals surface area contributed by atoms with Crippen LogP contribution in [0.25, 0.3) is 0 Å². The van der Waals surface area contributed by atoms with Gasteiger partial charge in [-0.3, -0.25) is 4.68 Å². The Balaban J connectivity index is 1.77. The Morgan fingerprint density at radius 2 is 2.18 bits per heavy atom. The summed E-state index contributed by atoms with van der Waals surface area (Å²) in [5, 5.41) is 7.85. The third-order valence-electron chi connectivity index (χ3n) is 3.81. The van der Waals surface area contributed by atoms with Gasteiger partial charge in [0.05, 0.1) is 23.5 Å². The number of aromatic nitrogens is 2. The summed E-state index contributed by atoms with van der Waals surface area (Å²) in [6.07, 6.45) is 4.04. The van der Waals surface area contributed by atoms with E-state index in [0.29, 0.717) is 12.1 Å². The fourth-order valence-electron chi connectivity index (χ4n) is 2.68. The lowest BCUT2D eigenvalue weighted by Gasteiger charge is -2.20. The maximum atomic E-state index is 6.03. The van der Waals surface area contributed by atoms with Crippen molar-refractivity contribution in [1.29, 1.82) is 0 Å². The zero-order valence-corrected chi connectivity index (χ0v) is 10.4. The molecule has 0 radical (unpaired) electrons. The molecule has 0 amide bonds. The Morgan fingerprint density at radius 1 is 1.41 bits per heavy atom. The van der Waals surface area contributed by atoms with Crippen LogP contribution >= 0.6 is 0 Å². The molecule has 2 fully saturated rings. The molecule has 3 N–H and O–H groups in total. The van der Waals surface area contributed by atoms with Crippen molar-refractivity contribution in [3.8, 4) is 0 Å². The van der Waals surface area contributed by atoms with E-state index in [1.54, 1.807) is 0 Å². The normalized spacial score (nSPS) is 28.6. The summed E-state index contributed by atoms with van der Waals surface area (Å²) >= 11 is 0. The number of nitrogens with two attached hydrogens (primary N) is 1. The van der Waals surface area contributed by atoms with Gasteiger partial charge in [0, 0.05) is 13.7 Å². The predicted molar refractivity (Wildman–Crippen MR) is 66.8 cm³/mol. The van der Waals surface area contributed by atoms with Crippen LogP contribution in [0.4, 0.5) is 11.5 Å². The molecule has 2 unspecified atom stereocenters. The van der Waals surface area contributed by atoms with Gasteiger partial charge < -0.3 is 15.8 Å². The Morgan fingerprint density at radius 3 is 2.76 bits per heavy atom. The molecule has 0 spiro atoms. The van der Waals surface area contributed by atoms with Crippen molar-refractivity contribution in [3.63, 3.8) is 0 Å². The van der Waals surface area contributed by atoms with Crippen LogP contribution in [0.3, 0.4) is 0 Å². The second-order valence-corrected chi connectivity index (χ2v) is 5.18. The van der Waals surface area contributed by atoms with Crippen LogP contribution in [0.5, 0.6) is 0 Å². The summed E-state index contributed by atoms with van der Waals surface area (Å²) in [5.41, 5.74) is 7.68. The minimum Gasteiger partial charge on any atom is -0.394 e. The van der Waals surface area contributed by atoms with Gasteiger partial charge in [0.1, 0.15) is 5.82 Å². The molecule has 1 aromatic rings. The number of anilines is 2. The molecule has 5 nitrogen and oxygen atoms in total. The van der Waals surface area contributed by atoms with E-state index < -0.39 is 0 Å². The summed E-state index contributed by atoms with van der Waals surface area (Å²) in [5.74, 6) is 1.69. The summed E-state index contributed by atoms with van der Waals surface area (Å²) in [6.45, 7) is 2.79. The summed E-state index contributed by atoms with van der Waals surface area (Å²) in [6, 6.07) is 0.389. The quantitative estimate of drug-likeness (QED) is 0.830. The fourth-order valence-corrected chi connectivity index (χ4v) is 2.68. The van der Waals surface area contributed by atoms with E-state index in [0.717, 1.165) is 36.1 Å². The van der Waals surface area contributed by atoms with E-state index >= 15 is 0 Å². The topological polar surface area (TPSA) is 65.1 Å². The predicted octanol–water partition coefficient (Wildman–Crippen LogP) is 1.29. The monoisotopic (exact) mass is 236 g/mol. The van der Waals surface area contributed by atoms with Gasteiger partial charge in [0.25, 0.3) is 0 Å². The zero-order chi connectivity index (χ0) is 12.0. The van der Waals surface area contributed by atoms with Crippen LogP contribution in [0, 0.1) is 12.8 Å². The molecule has 1 saturated heterocycles. The molecule has 17 heavy (non-hydrogen) atoms. The lowest BCUT2D eigenvalue weighted by atomic mass is 10.1. The zero-order valence-electron chi connectivity index (χ0n) is 10.4. The highest BCUT2D eigenvalue weighted by molar-refractivity contribution is 5.65. The third-order valence-corrected chi connectivity index (χ3v) is 3.81. The van der Waals surface area contributed by atoms with Crippen molar-refractivity contribution in [2.24, 2.45) is 13.0 Å². The number of hydrogen-bond donors (Lipinski definition) is 2. The molecule has 2 heterocycles. The molecular weight excluding hydrogens is 216 g/mol. The smallest absolute Gasteiger partial charge is 0.148 e. The molecule has 1 aliphatic heterocycles. The van der Waals surface area contributed by atoms with Gasteiger partial charge in [0.2, 0.25) is 0 Å². The molecule has 1 saturated carbocycles. The molecule has 0 bridgehead atoms. The van der Waals surface area contributed by atoms with Gasteiger partial charge in [-0.1, -0.05) is 0 Å². The van der Waals surface area contributed by atoms with E-state index in [4.69, 9.17) is 10.5 Å². The molecular formula is C12H20N4O. The molecule has 0 aromatic carbocycles. The van der Waals surface area contributed by atoms with Gasteiger partial charge >= 0.3 is 0 Å². The SMILES string of the molecule is Cc1nn(C)c(NC2CCOC2C2CC2)c1N. The van der Waals surface area contributed by atoms with Crippen molar-refractivity contribution in [3.05, 3.63) is 5.69 Å². The Bertz CT molecular complexity index is 424. The number of hydrogen-bond acceptors (Lipinski definition) is 4. The van der Waals surface area contributed by atoms with E-state index in [2.05, 4.69) is 10.4 Å². The van der Waals surface area contributed by atoms with Gasteiger partial charge in [0.15, 0.2) is 0 Å². The maximum Gasteiger partial charge on any atom is 0.148 e. The first-order valence-corrected chi connectivity index (χ1v) is 6.34. The molecule has 2 atom stereocenters. The number of ether oxygens (including phenoxy) is 1. The first-order valence-electron chi connectivity index (χ1n) is 6.34. The molecule has 3 rings (SSSR count). The number of nitrogen functional groups attached to an aromatic ring is 1. The van der Waals surface area contributed by atoms with Gasteiger partial charge in [-0.15, -0.1) is 0 Å². The van der Waals surface area contributed by atoms with Crippen molar-refractivity contribution < 1.29 is 4.74 Å². The summed E-state index contributed by atoms with van der Waals surface area (Å²) in [4.78, 5) is 0. The number of aryl methyl sites for hydroxylation is 2. The Hall–Kier alpha value is -1.23. The first-order chi connectivity index (χ1) is 8.16. The van der Waals surface area contributed by atoms with Crippen LogP contribution in [-0.4, -0.2) is 28.5 Å². The van der Waals surface area contributed by atoms with Crippen molar-refractivity contribution in [2.45, 2.75) is 38.3 Å². The van der Waals surface area contributed by atoms with Gasteiger partial charge in [-0.25, -0.2) is 0 Å². The van der Waals surface area contributed by atoms with E-state index in [-0.39, 0.29) is 0 Å². The van der Waals surface area contributed by atoms with Crippen molar-refractivity contribution in [1.82, 2.24) is 9.78 Å². The van der Waals surface area contributed by atoms with Crippen molar-refractivity contribution in [2.75, 3.05) is 17.7 Å². The maximum absolute atomic E-state index is 6.03. The largest absolute Gasteiger partial charge is 0.394 e. The summed E-state index contributed by atoms with van der Waals surface area (Å²) in [7, 11) is 1.92. The van der Waals surface area contributed by atoms with Crippen LogP contribution in [0.2, 0.25) is 0 Å². The standard InChI is InChI=1S/C12H20N4O/c1-7-10(13)12(16(2)15-7)14-9-5-6-17-11(9)8-3-4-8/h8-9,11,14H,3-6,13H2,1-2H3. The lowest BCUT2D eigenvalue weighted by Crippen LogP contribution is -2.32. The molecule has 2 aliphatic rings. The third kappa shape index (κ3) is 1.88. The van der Waals surface area contributed by atoms with E-state index in [9.17, 15) is 0 Å². The van der Waals surface area contributed by atoms with E-state index in [1.165, 1.54) is 12.8 Å². The molecule has 1 aromatic heterocycles.